The Morgan fingerprint density at radius 2 is 1.62 bits per heavy atom. The van der Waals surface area contributed by atoms with Gasteiger partial charge in [0.1, 0.15) is 0 Å². The van der Waals surface area contributed by atoms with Crippen molar-refractivity contribution < 1.29 is 5.21 Å². The van der Waals surface area contributed by atoms with Gasteiger partial charge in [-0.15, -0.1) is 0 Å². The van der Waals surface area contributed by atoms with E-state index in [-0.39, 0.29) is 10.8 Å². The van der Waals surface area contributed by atoms with Crippen molar-refractivity contribution in [3.8, 4) is 0 Å². The fourth-order valence-corrected chi connectivity index (χ4v) is 2.67. The summed E-state index contributed by atoms with van der Waals surface area (Å²) in [5.41, 5.74) is 3.40. The van der Waals surface area contributed by atoms with E-state index >= 15 is 0 Å². The number of rotatable bonds is 0. The molecule has 0 unspecified atom stereocenters. The van der Waals surface area contributed by atoms with E-state index in [0.717, 1.165) is 12.1 Å². The summed E-state index contributed by atoms with van der Waals surface area (Å²) >= 11 is 0. The maximum absolute atomic E-state index is 9.17. The van der Waals surface area contributed by atoms with Crippen LogP contribution >= 0.6 is 0 Å². The van der Waals surface area contributed by atoms with Gasteiger partial charge in [0.2, 0.25) is 0 Å². The standard InChI is InChI=1S/C14H19NO/c1-13(2)9-12(15-16)14(3,4)11-8-6-5-7-10(11)13/h5-8,16H,9H2,1-4H3/b15-12+. The summed E-state index contributed by atoms with van der Waals surface area (Å²) in [5, 5.41) is 12.7. The highest BCUT2D eigenvalue weighted by Crippen LogP contribution is 2.43. The Balaban J connectivity index is 2.70. The van der Waals surface area contributed by atoms with Gasteiger partial charge in [-0.25, -0.2) is 0 Å². The topological polar surface area (TPSA) is 32.6 Å². The zero-order chi connectivity index (χ0) is 12.0. The predicted octanol–water partition coefficient (Wildman–Crippen LogP) is 3.48. The van der Waals surface area contributed by atoms with Crippen molar-refractivity contribution in [2.75, 3.05) is 0 Å². The van der Waals surface area contributed by atoms with Crippen LogP contribution in [0.25, 0.3) is 0 Å². The van der Waals surface area contributed by atoms with Crippen LogP contribution in [0.1, 0.15) is 45.2 Å². The summed E-state index contributed by atoms with van der Waals surface area (Å²) in [5.74, 6) is 0. The molecule has 0 aliphatic heterocycles. The maximum Gasteiger partial charge on any atom is 0.0679 e. The zero-order valence-electron chi connectivity index (χ0n) is 10.4. The van der Waals surface area contributed by atoms with Crippen LogP contribution in [-0.2, 0) is 10.8 Å². The van der Waals surface area contributed by atoms with Gasteiger partial charge >= 0.3 is 0 Å². The molecule has 0 bridgehead atoms. The van der Waals surface area contributed by atoms with Gasteiger partial charge in [0.25, 0.3) is 0 Å². The van der Waals surface area contributed by atoms with Gasteiger partial charge in [-0.3, -0.25) is 0 Å². The molecule has 0 saturated heterocycles. The molecule has 16 heavy (non-hydrogen) atoms. The van der Waals surface area contributed by atoms with Gasteiger partial charge in [-0.05, 0) is 23.0 Å². The minimum absolute atomic E-state index is 0.0493. The Kier molecular flexibility index (Phi) is 2.33. The molecular weight excluding hydrogens is 198 g/mol. The Labute approximate surface area is 97.0 Å². The fraction of sp³-hybridized carbons (Fsp3) is 0.500. The van der Waals surface area contributed by atoms with Crippen molar-refractivity contribution in [2.24, 2.45) is 5.16 Å². The molecule has 1 N–H and O–H groups in total. The smallest absolute Gasteiger partial charge is 0.0679 e. The molecule has 2 rings (SSSR count). The van der Waals surface area contributed by atoms with Crippen LogP contribution in [0.3, 0.4) is 0 Å². The van der Waals surface area contributed by atoms with E-state index in [9.17, 15) is 5.21 Å². The van der Waals surface area contributed by atoms with Crippen LogP contribution in [0, 0.1) is 0 Å². The molecule has 1 aliphatic carbocycles. The van der Waals surface area contributed by atoms with E-state index in [0.29, 0.717) is 0 Å². The molecule has 0 radical (unpaired) electrons. The molecule has 2 heteroatoms. The number of oxime groups is 1. The molecule has 0 atom stereocenters. The Morgan fingerprint density at radius 3 is 2.19 bits per heavy atom. The average Bonchev–Trinajstić information content (AvgIpc) is 2.24. The molecule has 0 heterocycles. The molecule has 0 aromatic heterocycles. The van der Waals surface area contributed by atoms with Crippen LogP contribution in [0.15, 0.2) is 29.4 Å². The number of hydrogen-bond donors (Lipinski definition) is 1. The zero-order valence-corrected chi connectivity index (χ0v) is 10.4. The summed E-state index contributed by atoms with van der Waals surface area (Å²) in [7, 11) is 0. The molecule has 1 aromatic carbocycles. The molecule has 1 aromatic rings. The lowest BCUT2D eigenvalue weighted by atomic mass is 9.62. The van der Waals surface area contributed by atoms with Gasteiger partial charge in [0, 0.05) is 5.41 Å². The van der Waals surface area contributed by atoms with E-state index in [1.807, 2.05) is 0 Å². The second-order valence-electron chi connectivity index (χ2n) is 5.78. The molecule has 1 aliphatic rings. The monoisotopic (exact) mass is 217 g/mol. The Morgan fingerprint density at radius 1 is 1.06 bits per heavy atom. The third-order valence-corrected chi connectivity index (χ3v) is 3.78. The van der Waals surface area contributed by atoms with Crippen molar-refractivity contribution in [3.63, 3.8) is 0 Å². The van der Waals surface area contributed by atoms with Gasteiger partial charge in [-0.1, -0.05) is 57.1 Å². The summed E-state index contributed by atoms with van der Waals surface area (Å²) in [6, 6.07) is 8.46. The number of hydrogen-bond acceptors (Lipinski definition) is 2. The van der Waals surface area contributed by atoms with Gasteiger partial charge in [-0.2, -0.15) is 0 Å². The Bertz CT molecular complexity index is 444. The summed E-state index contributed by atoms with van der Waals surface area (Å²) in [4.78, 5) is 0. The van der Waals surface area contributed by atoms with Crippen molar-refractivity contribution in [2.45, 2.75) is 44.9 Å². The van der Waals surface area contributed by atoms with Crippen molar-refractivity contribution in [1.82, 2.24) is 0 Å². The lowest BCUT2D eigenvalue weighted by Crippen LogP contribution is -2.42. The van der Waals surface area contributed by atoms with Crippen molar-refractivity contribution in [3.05, 3.63) is 35.4 Å². The van der Waals surface area contributed by atoms with E-state index in [1.54, 1.807) is 0 Å². The molecular formula is C14H19NO. The normalized spacial score (nSPS) is 24.1. The van der Waals surface area contributed by atoms with Crippen molar-refractivity contribution in [1.29, 1.82) is 0 Å². The van der Waals surface area contributed by atoms with E-state index in [4.69, 9.17) is 0 Å². The first-order valence-corrected chi connectivity index (χ1v) is 5.71. The SMILES string of the molecule is CC1(C)C/C(=N\O)C(C)(C)c2ccccc21. The van der Waals surface area contributed by atoms with Crippen LogP contribution in [-0.4, -0.2) is 10.9 Å². The fourth-order valence-electron chi connectivity index (χ4n) is 2.67. The van der Waals surface area contributed by atoms with E-state index < -0.39 is 0 Å². The summed E-state index contributed by atoms with van der Waals surface area (Å²) in [6.45, 7) is 8.64. The molecule has 0 saturated carbocycles. The van der Waals surface area contributed by atoms with Crippen LogP contribution in [0.4, 0.5) is 0 Å². The van der Waals surface area contributed by atoms with Gasteiger partial charge < -0.3 is 5.21 Å². The molecule has 2 nitrogen and oxygen atoms in total. The van der Waals surface area contributed by atoms with Crippen LogP contribution in [0.5, 0.6) is 0 Å². The molecule has 86 valence electrons. The summed E-state index contributed by atoms with van der Waals surface area (Å²) < 4.78 is 0. The maximum atomic E-state index is 9.17. The number of benzene rings is 1. The summed E-state index contributed by atoms with van der Waals surface area (Å²) in [6.07, 6.45) is 0.813. The molecule has 0 spiro atoms. The van der Waals surface area contributed by atoms with Crippen LogP contribution < -0.4 is 0 Å². The first-order chi connectivity index (χ1) is 7.39. The predicted molar refractivity (Wildman–Crippen MR) is 66.3 cm³/mol. The number of nitrogens with zero attached hydrogens (tertiary/aromatic N) is 1. The number of fused-ring (bicyclic) bond motifs is 1. The van der Waals surface area contributed by atoms with Crippen LogP contribution in [0.2, 0.25) is 0 Å². The lowest BCUT2D eigenvalue weighted by Gasteiger charge is -2.42. The first kappa shape index (κ1) is 11.2. The lowest BCUT2D eigenvalue weighted by molar-refractivity contribution is 0.307. The second-order valence-corrected chi connectivity index (χ2v) is 5.78. The van der Waals surface area contributed by atoms with E-state index in [1.165, 1.54) is 11.1 Å². The average molecular weight is 217 g/mol. The highest BCUT2D eigenvalue weighted by atomic mass is 16.4. The minimum Gasteiger partial charge on any atom is -0.411 e. The minimum atomic E-state index is -0.166. The second kappa shape index (κ2) is 3.34. The quantitative estimate of drug-likeness (QED) is 0.523. The largest absolute Gasteiger partial charge is 0.411 e. The van der Waals surface area contributed by atoms with Crippen molar-refractivity contribution >= 4 is 5.71 Å². The third-order valence-electron chi connectivity index (χ3n) is 3.78. The molecule has 0 fully saturated rings. The first-order valence-electron chi connectivity index (χ1n) is 5.71. The highest BCUT2D eigenvalue weighted by molar-refractivity contribution is 5.97. The van der Waals surface area contributed by atoms with E-state index in [2.05, 4.69) is 57.1 Å². The van der Waals surface area contributed by atoms with Gasteiger partial charge in [0.05, 0.1) is 5.71 Å². The Hall–Kier alpha value is -1.31. The third kappa shape index (κ3) is 1.44. The van der Waals surface area contributed by atoms with Gasteiger partial charge in [0.15, 0.2) is 0 Å². The molecule has 0 amide bonds. The highest BCUT2D eigenvalue weighted by Gasteiger charge is 2.41.